The fourth-order valence-corrected chi connectivity index (χ4v) is 2.13. The van der Waals surface area contributed by atoms with Crippen molar-refractivity contribution in [3.63, 3.8) is 0 Å². The second-order valence-electron chi connectivity index (χ2n) is 3.56. The molecule has 0 unspecified atom stereocenters. The molecule has 0 atom stereocenters. The molecule has 13 heavy (non-hydrogen) atoms. The third-order valence-corrected chi connectivity index (χ3v) is 3.23. The number of hydrogen-bond acceptors (Lipinski definition) is 3. The highest BCUT2D eigenvalue weighted by Gasteiger charge is 2.20. The summed E-state index contributed by atoms with van der Waals surface area (Å²) in [6.45, 7) is 3.42. The van der Waals surface area contributed by atoms with Crippen molar-refractivity contribution >= 4 is 17.6 Å². The lowest BCUT2D eigenvalue weighted by molar-refractivity contribution is 0.220. The van der Waals surface area contributed by atoms with E-state index in [1.807, 2.05) is 11.8 Å². The Bertz CT molecular complexity index is 164. The van der Waals surface area contributed by atoms with Crippen molar-refractivity contribution in [2.75, 3.05) is 31.6 Å². The van der Waals surface area contributed by atoms with Gasteiger partial charge >= 0.3 is 0 Å². The van der Waals surface area contributed by atoms with Gasteiger partial charge in [-0.2, -0.15) is 11.8 Å². The number of amidine groups is 1. The maximum Gasteiger partial charge on any atom is 0.0937 e. The minimum absolute atomic E-state index is 0.352. The van der Waals surface area contributed by atoms with Gasteiger partial charge in [0.1, 0.15) is 0 Å². The summed E-state index contributed by atoms with van der Waals surface area (Å²) in [7, 11) is 0. The third kappa shape index (κ3) is 3.56. The number of rotatable bonds is 4. The standard InChI is InChI=1S/C9H19N3S/c1-13-7-6-12-4-2-8(3-5-12)9(10)11/h8H,2-7H2,1H3,(H3,10,11). The Hall–Kier alpha value is -0.220. The van der Waals surface area contributed by atoms with Crippen LogP contribution >= 0.6 is 11.8 Å². The molecule has 0 saturated carbocycles. The van der Waals surface area contributed by atoms with Gasteiger partial charge in [0, 0.05) is 18.2 Å². The van der Waals surface area contributed by atoms with E-state index in [-0.39, 0.29) is 0 Å². The summed E-state index contributed by atoms with van der Waals surface area (Å²) in [5.41, 5.74) is 5.47. The molecule has 1 saturated heterocycles. The van der Waals surface area contributed by atoms with Crippen LogP contribution in [0.3, 0.4) is 0 Å². The van der Waals surface area contributed by atoms with Crippen LogP contribution in [0.4, 0.5) is 0 Å². The zero-order valence-electron chi connectivity index (χ0n) is 8.25. The van der Waals surface area contributed by atoms with Crippen LogP contribution in [-0.2, 0) is 0 Å². The zero-order valence-corrected chi connectivity index (χ0v) is 9.07. The van der Waals surface area contributed by atoms with Gasteiger partial charge in [0.15, 0.2) is 0 Å². The van der Waals surface area contributed by atoms with Crippen molar-refractivity contribution in [2.45, 2.75) is 12.8 Å². The lowest BCUT2D eigenvalue weighted by atomic mass is 9.96. The van der Waals surface area contributed by atoms with Gasteiger partial charge in [0.25, 0.3) is 0 Å². The highest BCUT2D eigenvalue weighted by atomic mass is 32.2. The van der Waals surface area contributed by atoms with E-state index < -0.39 is 0 Å². The topological polar surface area (TPSA) is 53.1 Å². The molecule has 0 radical (unpaired) electrons. The minimum atomic E-state index is 0.352. The first-order valence-corrected chi connectivity index (χ1v) is 6.18. The van der Waals surface area contributed by atoms with Crippen molar-refractivity contribution < 1.29 is 0 Å². The summed E-state index contributed by atoms with van der Waals surface area (Å²) in [4.78, 5) is 2.47. The van der Waals surface area contributed by atoms with E-state index in [0.717, 1.165) is 25.9 Å². The highest BCUT2D eigenvalue weighted by molar-refractivity contribution is 7.98. The maximum absolute atomic E-state index is 7.35. The molecule has 3 nitrogen and oxygen atoms in total. The Labute approximate surface area is 84.6 Å². The fraction of sp³-hybridized carbons (Fsp3) is 0.889. The van der Waals surface area contributed by atoms with Gasteiger partial charge in [0.05, 0.1) is 5.84 Å². The number of hydrogen-bond donors (Lipinski definition) is 2. The second-order valence-corrected chi connectivity index (χ2v) is 4.55. The fourth-order valence-electron chi connectivity index (χ4n) is 1.69. The first-order valence-electron chi connectivity index (χ1n) is 4.79. The monoisotopic (exact) mass is 201 g/mol. The van der Waals surface area contributed by atoms with E-state index in [1.165, 1.54) is 12.3 Å². The van der Waals surface area contributed by atoms with Crippen molar-refractivity contribution in [2.24, 2.45) is 11.7 Å². The van der Waals surface area contributed by atoms with E-state index >= 15 is 0 Å². The summed E-state index contributed by atoms with van der Waals surface area (Å²) >= 11 is 1.89. The molecule has 76 valence electrons. The molecular formula is C9H19N3S. The Balaban J connectivity index is 2.18. The van der Waals surface area contributed by atoms with E-state index in [2.05, 4.69) is 11.2 Å². The Morgan fingerprint density at radius 2 is 2.15 bits per heavy atom. The third-order valence-electron chi connectivity index (χ3n) is 2.64. The molecule has 0 amide bonds. The lowest BCUT2D eigenvalue weighted by Gasteiger charge is -2.30. The molecule has 1 aliphatic rings. The summed E-state index contributed by atoms with van der Waals surface area (Å²) < 4.78 is 0. The molecule has 0 bridgehead atoms. The van der Waals surface area contributed by atoms with Crippen molar-refractivity contribution in [3.05, 3.63) is 0 Å². The molecule has 1 rings (SSSR count). The molecule has 3 N–H and O–H groups in total. The molecule has 0 aliphatic carbocycles. The van der Waals surface area contributed by atoms with Gasteiger partial charge in [0.2, 0.25) is 0 Å². The van der Waals surface area contributed by atoms with Gasteiger partial charge in [-0.3, -0.25) is 5.41 Å². The van der Waals surface area contributed by atoms with Crippen LogP contribution in [0.15, 0.2) is 0 Å². The quantitative estimate of drug-likeness (QED) is 0.527. The van der Waals surface area contributed by atoms with E-state index in [1.54, 1.807) is 0 Å². The smallest absolute Gasteiger partial charge is 0.0937 e. The van der Waals surface area contributed by atoms with Crippen molar-refractivity contribution in [3.8, 4) is 0 Å². The lowest BCUT2D eigenvalue weighted by Crippen LogP contribution is -2.39. The molecule has 1 heterocycles. The molecule has 0 aromatic heterocycles. The van der Waals surface area contributed by atoms with Gasteiger partial charge in [-0.25, -0.2) is 0 Å². The van der Waals surface area contributed by atoms with Crippen LogP contribution < -0.4 is 5.73 Å². The Kier molecular flexibility index (Phi) is 4.59. The van der Waals surface area contributed by atoms with Gasteiger partial charge in [-0.1, -0.05) is 0 Å². The van der Waals surface area contributed by atoms with Gasteiger partial charge < -0.3 is 10.6 Å². The molecule has 1 aliphatic heterocycles. The summed E-state index contributed by atoms with van der Waals surface area (Å²) in [5, 5.41) is 7.35. The summed E-state index contributed by atoms with van der Waals surface area (Å²) in [5.74, 6) is 1.94. The van der Waals surface area contributed by atoms with Crippen LogP contribution in [0.2, 0.25) is 0 Å². The zero-order chi connectivity index (χ0) is 9.68. The predicted molar refractivity (Wildman–Crippen MR) is 59.5 cm³/mol. The van der Waals surface area contributed by atoms with Crippen LogP contribution in [0.25, 0.3) is 0 Å². The highest BCUT2D eigenvalue weighted by Crippen LogP contribution is 2.16. The SMILES string of the molecule is CSCCN1CCC(C(=N)N)CC1. The summed E-state index contributed by atoms with van der Waals surface area (Å²) in [6, 6.07) is 0. The van der Waals surface area contributed by atoms with Crippen LogP contribution in [0, 0.1) is 11.3 Å². The first-order chi connectivity index (χ1) is 6.24. The van der Waals surface area contributed by atoms with Gasteiger partial charge in [-0.15, -0.1) is 0 Å². The molecule has 1 fully saturated rings. The minimum Gasteiger partial charge on any atom is -0.387 e. The van der Waals surface area contributed by atoms with Crippen molar-refractivity contribution in [1.82, 2.24) is 4.90 Å². The van der Waals surface area contributed by atoms with E-state index in [4.69, 9.17) is 11.1 Å². The normalized spacial score (nSPS) is 20.4. The summed E-state index contributed by atoms with van der Waals surface area (Å²) in [6.07, 6.45) is 4.29. The predicted octanol–water partition coefficient (Wildman–Crippen LogP) is 0.997. The molecule has 0 aromatic carbocycles. The molecule has 0 aromatic rings. The first kappa shape index (κ1) is 10.9. The average Bonchev–Trinajstić information content (AvgIpc) is 2.15. The number of nitrogens with one attached hydrogen (secondary N) is 1. The number of likely N-dealkylation sites (tertiary alicyclic amines) is 1. The largest absolute Gasteiger partial charge is 0.387 e. The second kappa shape index (κ2) is 5.50. The molecule has 0 spiro atoms. The van der Waals surface area contributed by atoms with E-state index in [0.29, 0.717) is 11.8 Å². The number of nitrogens with zero attached hydrogens (tertiary/aromatic N) is 1. The number of thioether (sulfide) groups is 1. The number of piperidine rings is 1. The van der Waals surface area contributed by atoms with Crippen molar-refractivity contribution in [1.29, 1.82) is 5.41 Å². The number of nitrogens with two attached hydrogens (primary N) is 1. The Morgan fingerprint density at radius 3 is 2.62 bits per heavy atom. The Morgan fingerprint density at radius 1 is 1.54 bits per heavy atom. The van der Waals surface area contributed by atoms with E-state index in [9.17, 15) is 0 Å². The van der Waals surface area contributed by atoms with Crippen LogP contribution in [0.5, 0.6) is 0 Å². The van der Waals surface area contributed by atoms with Crippen LogP contribution in [0.1, 0.15) is 12.8 Å². The maximum atomic E-state index is 7.35. The molecule has 4 heteroatoms. The average molecular weight is 201 g/mol. The molecular weight excluding hydrogens is 182 g/mol. The van der Waals surface area contributed by atoms with Crippen LogP contribution in [-0.4, -0.2) is 42.4 Å². The van der Waals surface area contributed by atoms with Gasteiger partial charge in [-0.05, 0) is 32.2 Å².